The van der Waals surface area contributed by atoms with Gasteiger partial charge in [-0.25, -0.2) is 0 Å². The van der Waals surface area contributed by atoms with E-state index in [-0.39, 0.29) is 18.4 Å². The van der Waals surface area contributed by atoms with Crippen molar-refractivity contribution >= 4 is 11.9 Å². The monoisotopic (exact) mass is 278 g/mol. The molecule has 0 bridgehead atoms. The van der Waals surface area contributed by atoms with Crippen LogP contribution in [0.3, 0.4) is 0 Å². The number of carbonyl (C=O) groups is 2. The Morgan fingerprint density at radius 1 is 1.20 bits per heavy atom. The van der Waals surface area contributed by atoms with Crippen molar-refractivity contribution in [1.29, 1.82) is 0 Å². The Bertz CT molecular complexity index is 481. The van der Waals surface area contributed by atoms with Crippen molar-refractivity contribution in [3.05, 3.63) is 35.9 Å². The zero-order chi connectivity index (χ0) is 15.4. The second-order valence-electron chi connectivity index (χ2n) is 5.63. The number of ether oxygens (including phenoxy) is 1. The molecule has 0 fully saturated rings. The number of methoxy groups -OCH3 is 1. The minimum atomic E-state index is -1.15. The van der Waals surface area contributed by atoms with E-state index in [9.17, 15) is 9.59 Å². The molecule has 1 unspecified atom stereocenters. The molecule has 1 aromatic rings. The van der Waals surface area contributed by atoms with E-state index in [1.807, 2.05) is 18.2 Å². The Hall–Kier alpha value is -1.88. The molecule has 0 spiro atoms. The van der Waals surface area contributed by atoms with Crippen LogP contribution in [0.15, 0.2) is 30.3 Å². The lowest BCUT2D eigenvalue weighted by atomic mass is 9.90. The van der Waals surface area contributed by atoms with Crippen molar-refractivity contribution in [3.8, 4) is 0 Å². The molecule has 3 N–H and O–H groups in total. The van der Waals surface area contributed by atoms with Gasteiger partial charge in [0.15, 0.2) is 0 Å². The molecule has 0 radical (unpaired) electrons. The Morgan fingerprint density at radius 2 is 1.75 bits per heavy atom. The molecule has 1 rings (SSSR count). The fourth-order valence-corrected chi connectivity index (χ4v) is 1.75. The number of benzene rings is 1. The van der Waals surface area contributed by atoms with Crippen LogP contribution in [-0.2, 0) is 19.9 Å². The molecule has 0 aliphatic rings. The molecule has 0 aromatic heterocycles. The summed E-state index contributed by atoms with van der Waals surface area (Å²) in [6, 6.07) is 9.10. The summed E-state index contributed by atoms with van der Waals surface area (Å²) < 4.78 is 4.70. The number of nitrogens with two attached hydrogens (primary N) is 1. The van der Waals surface area contributed by atoms with E-state index in [2.05, 4.69) is 5.32 Å². The van der Waals surface area contributed by atoms with Crippen LogP contribution < -0.4 is 11.1 Å². The molecule has 1 amide bonds. The van der Waals surface area contributed by atoms with Crippen molar-refractivity contribution in [2.24, 2.45) is 11.1 Å². The van der Waals surface area contributed by atoms with Crippen LogP contribution in [0.2, 0.25) is 0 Å². The van der Waals surface area contributed by atoms with Gasteiger partial charge in [-0.15, -0.1) is 0 Å². The van der Waals surface area contributed by atoms with Gasteiger partial charge in [0.1, 0.15) is 5.54 Å². The van der Waals surface area contributed by atoms with Crippen molar-refractivity contribution < 1.29 is 14.3 Å². The van der Waals surface area contributed by atoms with Gasteiger partial charge in [0.25, 0.3) is 0 Å². The van der Waals surface area contributed by atoms with E-state index < -0.39 is 11.0 Å². The van der Waals surface area contributed by atoms with Crippen molar-refractivity contribution in [1.82, 2.24) is 5.32 Å². The topological polar surface area (TPSA) is 81.4 Å². The Labute approximate surface area is 119 Å². The molecular weight excluding hydrogens is 256 g/mol. The van der Waals surface area contributed by atoms with Crippen molar-refractivity contribution in [3.63, 3.8) is 0 Å². The molecule has 110 valence electrons. The number of nitrogens with one attached hydrogen (secondary N) is 1. The maximum Gasteiger partial charge on any atom is 0.313 e. The third-order valence-corrected chi connectivity index (χ3v) is 3.27. The van der Waals surface area contributed by atoms with Gasteiger partial charge < -0.3 is 15.8 Å². The second-order valence-corrected chi connectivity index (χ2v) is 5.63. The van der Waals surface area contributed by atoms with Crippen LogP contribution in [0.4, 0.5) is 0 Å². The van der Waals surface area contributed by atoms with Crippen LogP contribution in [0.25, 0.3) is 0 Å². The molecule has 5 nitrogen and oxygen atoms in total. The number of carbonyl (C=O) groups excluding carboxylic acids is 2. The molecule has 0 aliphatic heterocycles. The number of hydrogen-bond donors (Lipinski definition) is 2. The largest absolute Gasteiger partial charge is 0.469 e. The van der Waals surface area contributed by atoms with Crippen LogP contribution in [0.1, 0.15) is 26.3 Å². The zero-order valence-electron chi connectivity index (χ0n) is 12.4. The second kappa shape index (κ2) is 6.05. The molecule has 0 heterocycles. The summed E-state index contributed by atoms with van der Waals surface area (Å²) in [5.74, 6) is -0.711. The minimum Gasteiger partial charge on any atom is -0.469 e. The normalized spacial score (nSPS) is 14.2. The highest BCUT2D eigenvalue weighted by Gasteiger charge is 2.34. The van der Waals surface area contributed by atoms with Crippen LogP contribution >= 0.6 is 0 Å². The Balaban J connectivity index is 2.74. The van der Waals surface area contributed by atoms with Gasteiger partial charge in [-0.2, -0.15) is 0 Å². The lowest BCUT2D eigenvalue weighted by Crippen LogP contribution is -2.51. The first-order valence-corrected chi connectivity index (χ1v) is 6.43. The predicted octanol–water partition coefficient (Wildman–Crippen LogP) is 1.18. The first kappa shape index (κ1) is 16.2. The van der Waals surface area contributed by atoms with Crippen LogP contribution in [-0.4, -0.2) is 25.5 Å². The number of hydrogen-bond acceptors (Lipinski definition) is 4. The highest BCUT2D eigenvalue weighted by atomic mass is 16.5. The van der Waals surface area contributed by atoms with Crippen molar-refractivity contribution in [2.45, 2.75) is 26.3 Å². The molecule has 0 saturated carbocycles. The number of rotatable bonds is 5. The summed E-state index contributed by atoms with van der Waals surface area (Å²) >= 11 is 0. The third kappa shape index (κ3) is 3.57. The summed E-state index contributed by atoms with van der Waals surface area (Å²) in [6.07, 6.45) is 0. The Morgan fingerprint density at radius 3 is 2.25 bits per heavy atom. The van der Waals surface area contributed by atoms with E-state index in [0.717, 1.165) is 0 Å². The summed E-state index contributed by atoms with van der Waals surface area (Å²) in [4.78, 5) is 23.8. The first-order valence-electron chi connectivity index (χ1n) is 6.43. The molecule has 1 atom stereocenters. The SMILES string of the molecule is COC(=O)C(C)(C)CNC(=O)C(C)(N)c1ccccc1. The van der Waals surface area contributed by atoms with Crippen LogP contribution in [0, 0.1) is 5.41 Å². The predicted molar refractivity (Wildman–Crippen MR) is 76.8 cm³/mol. The maximum absolute atomic E-state index is 12.2. The number of amides is 1. The average Bonchev–Trinajstić information content (AvgIpc) is 2.44. The lowest BCUT2D eigenvalue weighted by Gasteiger charge is -2.27. The maximum atomic E-state index is 12.2. The van der Waals surface area contributed by atoms with E-state index in [4.69, 9.17) is 10.5 Å². The van der Waals surface area contributed by atoms with Crippen molar-refractivity contribution in [2.75, 3.05) is 13.7 Å². The fourth-order valence-electron chi connectivity index (χ4n) is 1.75. The molecule has 20 heavy (non-hydrogen) atoms. The van der Waals surface area contributed by atoms with Gasteiger partial charge in [-0.1, -0.05) is 30.3 Å². The minimum absolute atomic E-state index is 0.165. The van der Waals surface area contributed by atoms with E-state index in [0.29, 0.717) is 5.56 Å². The van der Waals surface area contributed by atoms with Gasteiger partial charge >= 0.3 is 5.97 Å². The molecule has 0 saturated heterocycles. The molecule has 0 aliphatic carbocycles. The Kier molecular flexibility index (Phi) is 4.89. The van der Waals surface area contributed by atoms with Gasteiger partial charge in [0.05, 0.1) is 12.5 Å². The smallest absolute Gasteiger partial charge is 0.313 e. The summed E-state index contributed by atoms with van der Waals surface area (Å²) in [7, 11) is 1.32. The molecule has 5 heteroatoms. The van der Waals surface area contributed by atoms with E-state index >= 15 is 0 Å². The first-order chi connectivity index (χ1) is 9.21. The zero-order valence-corrected chi connectivity index (χ0v) is 12.4. The fraction of sp³-hybridized carbons (Fsp3) is 0.467. The molecule has 1 aromatic carbocycles. The van der Waals surface area contributed by atoms with Gasteiger partial charge in [-0.3, -0.25) is 9.59 Å². The van der Waals surface area contributed by atoms with E-state index in [1.54, 1.807) is 32.9 Å². The highest BCUT2D eigenvalue weighted by Crippen LogP contribution is 2.19. The van der Waals surface area contributed by atoms with Gasteiger partial charge in [0, 0.05) is 6.54 Å². The quantitative estimate of drug-likeness (QED) is 0.792. The van der Waals surface area contributed by atoms with Crippen LogP contribution in [0.5, 0.6) is 0 Å². The highest BCUT2D eigenvalue weighted by molar-refractivity contribution is 5.87. The summed E-state index contributed by atoms with van der Waals surface area (Å²) in [5.41, 5.74) is 4.87. The standard InChI is InChI=1S/C15H22N2O3/c1-14(2,13(19)20-4)10-17-12(18)15(3,16)11-8-6-5-7-9-11/h5-9H,10,16H2,1-4H3,(H,17,18). The molecular formula is C15H22N2O3. The third-order valence-electron chi connectivity index (χ3n) is 3.27. The summed E-state index contributed by atoms with van der Waals surface area (Å²) in [5, 5.41) is 2.71. The summed E-state index contributed by atoms with van der Waals surface area (Å²) in [6.45, 7) is 5.21. The van der Waals surface area contributed by atoms with Gasteiger partial charge in [0.2, 0.25) is 5.91 Å². The number of esters is 1. The van der Waals surface area contributed by atoms with E-state index in [1.165, 1.54) is 7.11 Å². The average molecular weight is 278 g/mol. The van der Waals surface area contributed by atoms with Gasteiger partial charge in [-0.05, 0) is 26.3 Å². The lowest BCUT2D eigenvalue weighted by molar-refractivity contribution is -0.150.